The predicted octanol–water partition coefficient (Wildman–Crippen LogP) is 6.59. The SMILES string of the molecule is Cc1nn(Cc2ccccc2Cl)c(C)c1NC(=O)c1ccc(COc2c(F)c(F)cc(F)c2F)cc1. The molecule has 5 nitrogen and oxygen atoms in total. The molecule has 36 heavy (non-hydrogen) atoms. The maximum Gasteiger partial charge on any atom is 0.255 e. The maximum absolute atomic E-state index is 13.8. The number of hydrogen-bond donors (Lipinski definition) is 1. The lowest BCUT2D eigenvalue weighted by Crippen LogP contribution is -2.13. The Labute approximate surface area is 209 Å². The van der Waals surface area contributed by atoms with Gasteiger partial charge in [-0.15, -0.1) is 0 Å². The molecule has 1 N–H and O–H groups in total. The van der Waals surface area contributed by atoms with Gasteiger partial charge in [-0.25, -0.2) is 8.78 Å². The summed E-state index contributed by atoms with van der Waals surface area (Å²) in [6, 6.07) is 13.5. The van der Waals surface area contributed by atoms with Gasteiger partial charge in [0.25, 0.3) is 5.91 Å². The number of rotatable bonds is 7. The lowest BCUT2D eigenvalue weighted by molar-refractivity contribution is 0.102. The highest BCUT2D eigenvalue weighted by Crippen LogP contribution is 2.27. The standard InChI is InChI=1S/C26H20ClF4N3O2/c1-14-24(15(2)34(33-14)12-18-5-3-4-6-19(18)27)32-26(35)17-9-7-16(8-10-17)13-36-25-22(30)20(28)11-21(29)23(25)31/h3-11H,12-13H2,1-2H3,(H,32,35). The fourth-order valence-electron chi connectivity index (χ4n) is 3.59. The van der Waals surface area contributed by atoms with Gasteiger partial charge in [-0.2, -0.15) is 13.9 Å². The van der Waals surface area contributed by atoms with Crippen molar-refractivity contribution in [3.05, 3.63) is 111 Å². The number of ether oxygens (including phenoxy) is 1. The first-order valence-electron chi connectivity index (χ1n) is 10.8. The zero-order valence-electron chi connectivity index (χ0n) is 19.2. The van der Waals surface area contributed by atoms with Gasteiger partial charge in [0.2, 0.25) is 11.6 Å². The Morgan fingerprint density at radius 3 is 2.28 bits per heavy atom. The fourth-order valence-corrected chi connectivity index (χ4v) is 3.79. The van der Waals surface area contributed by atoms with Crippen molar-refractivity contribution in [3.8, 4) is 5.75 Å². The lowest BCUT2D eigenvalue weighted by Gasteiger charge is -2.10. The molecule has 0 saturated heterocycles. The molecule has 4 rings (SSSR count). The van der Waals surface area contributed by atoms with Crippen LogP contribution in [0.2, 0.25) is 5.02 Å². The van der Waals surface area contributed by atoms with Crippen LogP contribution in [0.15, 0.2) is 54.6 Å². The molecule has 0 unspecified atom stereocenters. The van der Waals surface area contributed by atoms with E-state index in [0.29, 0.717) is 34.1 Å². The average Bonchev–Trinajstić information content (AvgIpc) is 3.12. The summed E-state index contributed by atoms with van der Waals surface area (Å²) in [5.41, 5.74) is 3.57. The molecule has 0 bridgehead atoms. The highest BCUT2D eigenvalue weighted by Gasteiger charge is 2.21. The molecule has 0 radical (unpaired) electrons. The lowest BCUT2D eigenvalue weighted by atomic mass is 10.1. The van der Waals surface area contributed by atoms with Gasteiger partial charge < -0.3 is 10.1 Å². The van der Waals surface area contributed by atoms with E-state index in [-0.39, 0.29) is 12.7 Å². The molecule has 0 aliphatic heterocycles. The Bertz CT molecular complexity index is 1410. The molecule has 1 heterocycles. The van der Waals surface area contributed by atoms with Crippen molar-refractivity contribution in [1.29, 1.82) is 0 Å². The topological polar surface area (TPSA) is 56.2 Å². The first-order chi connectivity index (χ1) is 17.2. The van der Waals surface area contributed by atoms with Gasteiger partial charge in [0.15, 0.2) is 17.4 Å². The van der Waals surface area contributed by atoms with Crippen LogP contribution >= 0.6 is 11.6 Å². The molecule has 0 saturated carbocycles. The molecule has 3 aromatic carbocycles. The summed E-state index contributed by atoms with van der Waals surface area (Å²) in [5.74, 6) is -7.89. The number of aromatic nitrogens is 2. The zero-order valence-corrected chi connectivity index (χ0v) is 20.0. The van der Waals surface area contributed by atoms with E-state index in [9.17, 15) is 22.4 Å². The monoisotopic (exact) mass is 517 g/mol. The molecular weight excluding hydrogens is 498 g/mol. The number of aryl methyl sites for hydroxylation is 1. The van der Waals surface area contributed by atoms with Crippen molar-refractivity contribution in [2.24, 2.45) is 0 Å². The van der Waals surface area contributed by atoms with Gasteiger partial charge in [-0.05, 0) is 43.2 Å². The average molecular weight is 518 g/mol. The van der Waals surface area contributed by atoms with Crippen LogP contribution in [0.3, 0.4) is 0 Å². The molecule has 1 aromatic heterocycles. The van der Waals surface area contributed by atoms with Gasteiger partial charge in [0.05, 0.1) is 23.6 Å². The van der Waals surface area contributed by atoms with Crippen LogP contribution in [0.5, 0.6) is 5.75 Å². The molecule has 186 valence electrons. The summed E-state index contributed by atoms with van der Waals surface area (Å²) in [4.78, 5) is 12.8. The number of anilines is 1. The molecule has 1 amide bonds. The number of nitrogens with one attached hydrogen (secondary N) is 1. The second kappa shape index (κ2) is 10.4. The van der Waals surface area contributed by atoms with Gasteiger partial charge in [0, 0.05) is 16.7 Å². The van der Waals surface area contributed by atoms with Gasteiger partial charge in [0.1, 0.15) is 6.61 Å². The minimum Gasteiger partial charge on any atom is -0.483 e. The number of nitrogens with zero attached hydrogens (tertiary/aromatic N) is 2. The van der Waals surface area contributed by atoms with Crippen molar-refractivity contribution in [3.63, 3.8) is 0 Å². The third-order valence-electron chi connectivity index (χ3n) is 5.57. The fraction of sp³-hybridized carbons (Fsp3) is 0.154. The molecule has 10 heteroatoms. The van der Waals surface area contributed by atoms with Gasteiger partial charge in [-0.1, -0.05) is 41.9 Å². The third kappa shape index (κ3) is 5.21. The Hall–Kier alpha value is -3.85. The van der Waals surface area contributed by atoms with Crippen LogP contribution in [-0.4, -0.2) is 15.7 Å². The van der Waals surface area contributed by atoms with Crippen molar-refractivity contribution in [1.82, 2.24) is 9.78 Å². The number of hydrogen-bond acceptors (Lipinski definition) is 3. The van der Waals surface area contributed by atoms with Crippen molar-refractivity contribution in [2.75, 3.05) is 5.32 Å². The molecule has 0 atom stereocenters. The number of benzene rings is 3. The molecule has 0 spiro atoms. The zero-order chi connectivity index (χ0) is 26.0. The minimum atomic E-state index is -1.62. The largest absolute Gasteiger partial charge is 0.483 e. The second-order valence-corrected chi connectivity index (χ2v) is 8.44. The second-order valence-electron chi connectivity index (χ2n) is 8.03. The molecular formula is C26H20ClF4N3O2. The third-order valence-corrected chi connectivity index (χ3v) is 5.94. The highest BCUT2D eigenvalue weighted by molar-refractivity contribution is 6.31. The quantitative estimate of drug-likeness (QED) is 0.222. The number of halogens is 5. The Morgan fingerprint density at radius 2 is 1.64 bits per heavy atom. The Balaban J connectivity index is 1.44. The van der Waals surface area contributed by atoms with E-state index in [0.717, 1.165) is 11.3 Å². The highest BCUT2D eigenvalue weighted by atomic mass is 35.5. The summed E-state index contributed by atoms with van der Waals surface area (Å²) in [5, 5.41) is 7.97. The number of carbonyl (C=O) groups excluding carboxylic acids is 1. The van der Waals surface area contributed by atoms with Crippen molar-refractivity contribution in [2.45, 2.75) is 27.0 Å². The number of amides is 1. The first-order valence-corrected chi connectivity index (χ1v) is 11.2. The Kier molecular flexibility index (Phi) is 7.30. The number of carbonyl (C=O) groups is 1. The van der Waals surface area contributed by atoms with Crippen LogP contribution in [0, 0.1) is 37.1 Å². The van der Waals surface area contributed by atoms with Crippen LogP contribution < -0.4 is 10.1 Å². The summed E-state index contributed by atoms with van der Waals surface area (Å²) < 4.78 is 60.9. The van der Waals surface area contributed by atoms with Crippen LogP contribution in [0.4, 0.5) is 23.2 Å². The van der Waals surface area contributed by atoms with E-state index in [4.69, 9.17) is 16.3 Å². The van der Waals surface area contributed by atoms with E-state index in [1.807, 2.05) is 25.1 Å². The van der Waals surface area contributed by atoms with Crippen molar-refractivity contribution < 1.29 is 27.1 Å². The smallest absolute Gasteiger partial charge is 0.255 e. The van der Waals surface area contributed by atoms with E-state index < -0.39 is 34.9 Å². The molecule has 0 aliphatic carbocycles. The van der Waals surface area contributed by atoms with Crippen LogP contribution in [0.1, 0.15) is 32.9 Å². The van der Waals surface area contributed by atoms with Crippen molar-refractivity contribution >= 4 is 23.2 Å². The first kappa shape index (κ1) is 25.2. The van der Waals surface area contributed by atoms with Gasteiger partial charge in [-0.3, -0.25) is 9.48 Å². The molecule has 0 aliphatic rings. The molecule has 4 aromatic rings. The summed E-state index contributed by atoms with van der Waals surface area (Å²) in [6.45, 7) is 3.68. The van der Waals surface area contributed by atoms with Gasteiger partial charge >= 0.3 is 0 Å². The predicted molar refractivity (Wildman–Crippen MR) is 127 cm³/mol. The maximum atomic E-state index is 13.8. The van der Waals surface area contributed by atoms with E-state index in [1.165, 1.54) is 24.3 Å². The minimum absolute atomic E-state index is 0.106. The Morgan fingerprint density at radius 1 is 1.00 bits per heavy atom. The summed E-state index contributed by atoms with van der Waals surface area (Å²) >= 11 is 6.25. The summed E-state index contributed by atoms with van der Waals surface area (Å²) in [6.07, 6.45) is 0. The molecule has 0 fully saturated rings. The normalized spacial score (nSPS) is 11.0. The van der Waals surface area contributed by atoms with E-state index in [1.54, 1.807) is 17.7 Å². The van der Waals surface area contributed by atoms with E-state index in [2.05, 4.69) is 10.4 Å². The van der Waals surface area contributed by atoms with Crippen LogP contribution in [-0.2, 0) is 13.2 Å². The summed E-state index contributed by atoms with van der Waals surface area (Å²) in [7, 11) is 0. The van der Waals surface area contributed by atoms with E-state index >= 15 is 0 Å². The van der Waals surface area contributed by atoms with Crippen LogP contribution in [0.25, 0.3) is 0 Å².